The molecule has 2 aliphatic rings. The lowest BCUT2D eigenvalue weighted by Crippen LogP contribution is -2.28. The lowest BCUT2D eigenvalue weighted by atomic mass is 9.87. The predicted molar refractivity (Wildman–Crippen MR) is 80.2 cm³/mol. The highest BCUT2D eigenvalue weighted by molar-refractivity contribution is 5.34. The van der Waals surface area contributed by atoms with Crippen LogP contribution in [0.25, 0.3) is 0 Å². The highest BCUT2D eigenvalue weighted by Gasteiger charge is 2.16. The standard InChI is InChI=1S/C17H26N2/c18-17-8-7-15-11-14(5-6-16(15)12-17)13-19-9-3-1-2-4-10-19/h5-6,11,17H,1-4,7-10,12-13,18H2/t17-/m0/s1. The molecule has 0 spiro atoms. The molecule has 1 saturated heterocycles. The van der Waals surface area contributed by atoms with Gasteiger partial charge in [0.25, 0.3) is 0 Å². The van der Waals surface area contributed by atoms with Crippen LogP contribution in [-0.2, 0) is 19.4 Å². The topological polar surface area (TPSA) is 29.3 Å². The van der Waals surface area contributed by atoms with Gasteiger partial charge in [0.2, 0.25) is 0 Å². The van der Waals surface area contributed by atoms with E-state index < -0.39 is 0 Å². The number of fused-ring (bicyclic) bond motifs is 1. The van der Waals surface area contributed by atoms with Crippen molar-refractivity contribution in [1.29, 1.82) is 0 Å². The van der Waals surface area contributed by atoms with E-state index in [-0.39, 0.29) is 0 Å². The fraction of sp³-hybridized carbons (Fsp3) is 0.647. The summed E-state index contributed by atoms with van der Waals surface area (Å²) in [6.07, 6.45) is 8.97. The first-order valence-electron chi connectivity index (χ1n) is 7.90. The van der Waals surface area contributed by atoms with Crippen LogP contribution in [0.15, 0.2) is 18.2 Å². The van der Waals surface area contributed by atoms with Gasteiger partial charge in [0, 0.05) is 12.6 Å². The molecule has 104 valence electrons. The Morgan fingerprint density at radius 3 is 2.63 bits per heavy atom. The maximum absolute atomic E-state index is 6.05. The average Bonchev–Trinajstić information content (AvgIpc) is 2.68. The maximum Gasteiger partial charge on any atom is 0.0233 e. The van der Waals surface area contributed by atoms with Crippen molar-refractivity contribution < 1.29 is 0 Å². The van der Waals surface area contributed by atoms with Gasteiger partial charge in [0.1, 0.15) is 0 Å². The number of hydrogen-bond acceptors (Lipinski definition) is 2. The summed E-state index contributed by atoms with van der Waals surface area (Å²) in [4.78, 5) is 2.63. The summed E-state index contributed by atoms with van der Waals surface area (Å²) in [5, 5.41) is 0. The minimum absolute atomic E-state index is 0.379. The Hall–Kier alpha value is -0.860. The predicted octanol–water partition coefficient (Wildman–Crippen LogP) is 2.88. The summed E-state index contributed by atoms with van der Waals surface area (Å²) in [5.74, 6) is 0. The van der Waals surface area contributed by atoms with E-state index in [9.17, 15) is 0 Å². The van der Waals surface area contributed by atoms with Crippen LogP contribution in [-0.4, -0.2) is 24.0 Å². The zero-order chi connectivity index (χ0) is 13.1. The quantitative estimate of drug-likeness (QED) is 0.884. The number of hydrogen-bond donors (Lipinski definition) is 1. The van der Waals surface area contributed by atoms with Crippen molar-refractivity contribution in [2.75, 3.05) is 13.1 Å². The molecular formula is C17H26N2. The second-order valence-electron chi connectivity index (χ2n) is 6.30. The Bertz CT molecular complexity index is 419. The van der Waals surface area contributed by atoms with Gasteiger partial charge in [0.15, 0.2) is 0 Å². The molecule has 0 saturated carbocycles. The molecule has 2 nitrogen and oxygen atoms in total. The third-order valence-corrected chi connectivity index (χ3v) is 4.64. The van der Waals surface area contributed by atoms with Crippen molar-refractivity contribution in [3.05, 3.63) is 34.9 Å². The van der Waals surface area contributed by atoms with Crippen LogP contribution in [0.2, 0.25) is 0 Å². The monoisotopic (exact) mass is 258 g/mol. The number of nitrogens with two attached hydrogens (primary N) is 1. The van der Waals surface area contributed by atoms with Crippen LogP contribution < -0.4 is 5.73 Å². The van der Waals surface area contributed by atoms with E-state index in [4.69, 9.17) is 5.73 Å². The third kappa shape index (κ3) is 3.37. The van der Waals surface area contributed by atoms with Crippen LogP contribution >= 0.6 is 0 Å². The molecule has 0 unspecified atom stereocenters. The summed E-state index contributed by atoms with van der Waals surface area (Å²) in [5.41, 5.74) is 10.6. The number of rotatable bonds is 2. The Morgan fingerprint density at radius 1 is 1.05 bits per heavy atom. The molecule has 1 aliphatic carbocycles. The lowest BCUT2D eigenvalue weighted by molar-refractivity contribution is 0.277. The van der Waals surface area contributed by atoms with Crippen molar-refractivity contribution >= 4 is 0 Å². The van der Waals surface area contributed by atoms with E-state index in [1.165, 1.54) is 56.3 Å². The van der Waals surface area contributed by atoms with E-state index in [1.54, 1.807) is 5.56 Å². The van der Waals surface area contributed by atoms with Crippen molar-refractivity contribution in [2.45, 2.75) is 57.5 Å². The Balaban J connectivity index is 1.68. The first-order valence-corrected chi connectivity index (χ1v) is 7.90. The molecule has 2 heteroatoms. The molecule has 0 radical (unpaired) electrons. The van der Waals surface area contributed by atoms with Gasteiger partial charge in [0.05, 0.1) is 0 Å². The fourth-order valence-electron chi connectivity index (χ4n) is 3.49. The van der Waals surface area contributed by atoms with Crippen molar-refractivity contribution in [1.82, 2.24) is 4.90 Å². The highest BCUT2D eigenvalue weighted by Crippen LogP contribution is 2.23. The number of benzene rings is 1. The van der Waals surface area contributed by atoms with Crippen LogP contribution in [0, 0.1) is 0 Å². The first kappa shape index (κ1) is 13.1. The van der Waals surface area contributed by atoms with Crippen molar-refractivity contribution in [3.8, 4) is 0 Å². The van der Waals surface area contributed by atoms with Gasteiger partial charge in [-0.1, -0.05) is 31.0 Å². The lowest BCUT2D eigenvalue weighted by Gasteiger charge is -2.24. The molecule has 2 N–H and O–H groups in total. The first-order chi connectivity index (χ1) is 9.31. The van der Waals surface area contributed by atoms with E-state index >= 15 is 0 Å². The second-order valence-corrected chi connectivity index (χ2v) is 6.30. The van der Waals surface area contributed by atoms with Crippen molar-refractivity contribution in [3.63, 3.8) is 0 Å². The van der Waals surface area contributed by atoms with Gasteiger partial charge in [-0.15, -0.1) is 0 Å². The molecule has 1 atom stereocenters. The molecular weight excluding hydrogens is 232 g/mol. The van der Waals surface area contributed by atoms with Crippen molar-refractivity contribution in [2.24, 2.45) is 5.73 Å². The molecule has 1 aromatic rings. The number of aryl methyl sites for hydroxylation is 1. The van der Waals surface area contributed by atoms with Gasteiger partial charge < -0.3 is 5.73 Å². The van der Waals surface area contributed by atoms with Gasteiger partial charge in [-0.05, 0) is 61.9 Å². The minimum Gasteiger partial charge on any atom is -0.327 e. The number of likely N-dealkylation sites (tertiary alicyclic amines) is 1. The minimum atomic E-state index is 0.379. The fourth-order valence-corrected chi connectivity index (χ4v) is 3.49. The summed E-state index contributed by atoms with van der Waals surface area (Å²) in [6, 6.07) is 7.46. The third-order valence-electron chi connectivity index (χ3n) is 4.64. The largest absolute Gasteiger partial charge is 0.327 e. The summed E-state index contributed by atoms with van der Waals surface area (Å²) in [6.45, 7) is 3.70. The van der Waals surface area contributed by atoms with Gasteiger partial charge in [-0.25, -0.2) is 0 Å². The molecule has 0 bridgehead atoms. The SMILES string of the molecule is N[C@H]1CCc2cc(CN3CCCCCC3)ccc2C1. The zero-order valence-electron chi connectivity index (χ0n) is 11.9. The van der Waals surface area contributed by atoms with Crippen LogP contribution in [0.4, 0.5) is 0 Å². The van der Waals surface area contributed by atoms with Crippen LogP contribution in [0.5, 0.6) is 0 Å². The maximum atomic E-state index is 6.05. The van der Waals surface area contributed by atoms with Crippen LogP contribution in [0.3, 0.4) is 0 Å². The molecule has 3 rings (SSSR count). The van der Waals surface area contributed by atoms with Gasteiger partial charge in [-0.3, -0.25) is 4.90 Å². The molecule has 1 aromatic carbocycles. The Kier molecular flexibility index (Phi) is 4.19. The molecule has 0 amide bonds. The summed E-state index contributed by atoms with van der Waals surface area (Å²) >= 11 is 0. The van der Waals surface area contributed by atoms with E-state index in [0.717, 1.165) is 19.4 Å². The molecule has 1 heterocycles. The molecule has 19 heavy (non-hydrogen) atoms. The Morgan fingerprint density at radius 2 is 1.84 bits per heavy atom. The van der Waals surface area contributed by atoms with Gasteiger partial charge >= 0.3 is 0 Å². The average molecular weight is 258 g/mol. The second kappa shape index (κ2) is 6.06. The van der Waals surface area contributed by atoms with E-state index in [0.29, 0.717) is 6.04 Å². The molecule has 1 aliphatic heterocycles. The van der Waals surface area contributed by atoms with Crippen LogP contribution in [0.1, 0.15) is 48.8 Å². The summed E-state index contributed by atoms with van der Waals surface area (Å²) in [7, 11) is 0. The smallest absolute Gasteiger partial charge is 0.0233 e. The Labute approximate surface area is 117 Å². The van der Waals surface area contributed by atoms with E-state index in [2.05, 4.69) is 23.1 Å². The highest BCUT2D eigenvalue weighted by atomic mass is 15.1. The van der Waals surface area contributed by atoms with Gasteiger partial charge in [-0.2, -0.15) is 0 Å². The summed E-state index contributed by atoms with van der Waals surface area (Å²) < 4.78 is 0. The normalized spacial score (nSPS) is 24.8. The van der Waals surface area contributed by atoms with E-state index in [1.807, 2.05) is 0 Å². The molecule has 1 fully saturated rings. The zero-order valence-corrected chi connectivity index (χ0v) is 11.9. The molecule has 0 aromatic heterocycles. The number of nitrogens with zero attached hydrogens (tertiary/aromatic N) is 1.